The highest BCUT2D eigenvalue weighted by Crippen LogP contribution is 2.15. The lowest BCUT2D eigenvalue weighted by Gasteiger charge is -2.14. The number of primary sulfonamides is 1. The summed E-state index contributed by atoms with van der Waals surface area (Å²) in [5.74, 6) is -1.89. The Hall–Kier alpha value is -1.05. The number of rotatable bonds is 6. The van der Waals surface area contributed by atoms with Gasteiger partial charge in [0, 0.05) is 6.04 Å². The van der Waals surface area contributed by atoms with Crippen LogP contribution in [0.15, 0.2) is 18.2 Å². The lowest BCUT2D eigenvalue weighted by molar-refractivity contribution is 0.500. The van der Waals surface area contributed by atoms with Gasteiger partial charge in [0.15, 0.2) is 11.6 Å². The topological polar surface area (TPSA) is 72.2 Å². The number of hydrogen-bond acceptors (Lipinski definition) is 3. The zero-order valence-corrected chi connectivity index (χ0v) is 10.8. The van der Waals surface area contributed by atoms with Gasteiger partial charge in [-0.05, 0) is 37.6 Å². The Morgan fingerprint density at radius 2 is 2.00 bits per heavy atom. The molecule has 0 spiro atoms. The molecule has 0 aliphatic carbocycles. The van der Waals surface area contributed by atoms with E-state index in [0.717, 1.165) is 12.1 Å². The quantitative estimate of drug-likeness (QED) is 0.770. The molecule has 18 heavy (non-hydrogen) atoms. The Bertz CT molecular complexity index is 506. The van der Waals surface area contributed by atoms with Gasteiger partial charge in [0.2, 0.25) is 10.0 Å². The minimum atomic E-state index is -3.45. The van der Waals surface area contributed by atoms with Crippen molar-refractivity contribution in [2.45, 2.75) is 19.4 Å². The summed E-state index contributed by atoms with van der Waals surface area (Å²) in [6.07, 6.45) is 0.368. The summed E-state index contributed by atoms with van der Waals surface area (Å²) >= 11 is 0. The second-order valence-electron chi connectivity index (χ2n) is 4.07. The van der Waals surface area contributed by atoms with E-state index < -0.39 is 21.7 Å². The Morgan fingerprint density at radius 3 is 2.56 bits per heavy atom. The van der Waals surface area contributed by atoms with Gasteiger partial charge in [-0.2, -0.15) is 0 Å². The van der Waals surface area contributed by atoms with Crippen LogP contribution in [0.3, 0.4) is 0 Å². The fourth-order valence-electron chi connectivity index (χ4n) is 1.49. The molecule has 1 atom stereocenters. The average molecular weight is 278 g/mol. The van der Waals surface area contributed by atoms with Crippen molar-refractivity contribution >= 4 is 10.0 Å². The van der Waals surface area contributed by atoms with Crippen molar-refractivity contribution < 1.29 is 17.2 Å². The molecule has 0 saturated heterocycles. The molecule has 3 N–H and O–H groups in total. The van der Waals surface area contributed by atoms with Crippen molar-refractivity contribution in [3.05, 3.63) is 35.4 Å². The number of benzene rings is 1. The van der Waals surface area contributed by atoms with Crippen molar-refractivity contribution in [2.75, 3.05) is 12.3 Å². The molecule has 0 bridgehead atoms. The van der Waals surface area contributed by atoms with Crippen molar-refractivity contribution in [1.82, 2.24) is 5.32 Å². The molecule has 4 nitrogen and oxygen atoms in total. The Labute approximate surface area is 105 Å². The Balaban J connectivity index is 2.45. The summed E-state index contributed by atoms with van der Waals surface area (Å²) in [4.78, 5) is 0. The molecule has 1 aromatic carbocycles. The van der Waals surface area contributed by atoms with Gasteiger partial charge in [-0.1, -0.05) is 6.07 Å². The van der Waals surface area contributed by atoms with E-state index in [1.54, 1.807) is 6.92 Å². The lowest BCUT2D eigenvalue weighted by atomic mass is 10.1. The van der Waals surface area contributed by atoms with Crippen LogP contribution in [0.25, 0.3) is 0 Å². The predicted octanol–water partition coefficient (Wildman–Crippen LogP) is 1.29. The van der Waals surface area contributed by atoms with E-state index >= 15 is 0 Å². The van der Waals surface area contributed by atoms with Crippen LogP contribution in [0.4, 0.5) is 8.78 Å². The van der Waals surface area contributed by atoms with Crippen LogP contribution in [-0.2, 0) is 10.0 Å². The van der Waals surface area contributed by atoms with Gasteiger partial charge in [0.1, 0.15) is 0 Å². The van der Waals surface area contributed by atoms with Crippen LogP contribution >= 0.6 is 0 Å². The maximum atomic E-state index is 13.0. The third-order valence-corrected chi connectivity index (χ3v) is 3.36. The van der Waals surface area contributed by atoms with E-state index in [4.69, 9.17) is 5.14 Å². The smallest absolute Gasteiger partial charge is 0.209 e. The molecule has 1 rings (SSSR count). The van der Waals surface area contributed by atoms with Crippen LogP contribution in [0, 0.1) is 11.6 Å². The standard InChI is InChI=1S/C11H16F2N2O2S/c1-8(15-5-2-6-18(14,16)17)9-3-4-10(12)11(13)7-9/h3-4,7-8,15H,2,5-6H2,1H3,(H2,14,16,17). The maximum absolute atomic E-state index is 13.0. The SMILES string of the molecule is CC(NCCCS(N)(=O)=O)c1ccc(F)c(F)c1. The highest BCUT2D eigenvalue weighted by atomic mass is 32.2. The Morgan fingerprint density at radius 1 is 1.33 bits per heavy atom. The summed E-state index contributed by atoms with van der Waals surface area (Å²) in [7, 11) is -3.45. The minimum Gasteiger partial charge on any atom is -0.310 e. The first-order chi connectivity index (χ1) is 8.29. The van der Waals surface area contributed by atoms with Gasteiger partial charge in [0.25, 0.3) is 0 Å². The van der Waals surface area contributed by atoms with Crippen molar-refractivity contribution in [3.8, 4) is 0 Å². The number of sulfonamides is 1. The number of nitrogens with two attached hydrogens (primary N) is 1. The lowest BCUT2D eigenvalue weighted by Crippen LogP contribution is -2.24. The van der Waals surface area contributed by atoms with Crippen LogP contribution < -0.4 is 10.5 Å². The zero-order chi connectivity index (χ0) is 13.8. The van der Waals surface area contributed by atoms with Crippen molar-refractivity contribution in [1.29, 1.82) is 0 Å². The third kappa shape index (κ3) is 5.07. The summed E-state index contributed by atoms with van der Waals surface area (Å²) in [5.41, 5.74) is 0.601. The van der Waals surface area contributed by atoms with Gasteiger partial charge < -0.3 is 5.32 Å². The predicted molar refractivity (Wildman–Crippen MR) is 65.4 cm³/mol. The fourth-order valence-corrected chi connectivity index (χ4v) is 2.04. The summed E-state index contributed by atoms with van der Waals surface area (Å²) in [6.45, 7) is 2.21. The first kappa shape index (κ1) is 15.0. The Kier molecular flexibility index (Phi) is 5.18. The second-order valence-corrected chi connectivity index (χ2v) is 5.80. The highest BCUT2D eigenvalue weighted by Gasteiger charge is 2.09. The van der Waals surface area contributed by atoms with Crippen LogP contribution in [0.2, 0.25) is 0 Å². The maximum Gasteiger partial charge on any atom is 0.209 e. The minimum absolute atomic E-state index is 0.107. The molecule has 7 heteroatoms. The normalized spacial score (nSPS) is 13.6. The first-order valence-electron chi connectivity index (χ1n) is 5.48. The molecule has 0 aliphatic heterocycles. The zero-order valence-electron chi connectivity index (χ0n) is 9.99. The largest absolute Gasteiger partial charge is 0.310 e. The van der Waals surface area contributed by atoms with Crippen molar-refractivity contribution in [2.24, 2.45) is 5.14 Å². The first-order valence-corrected chi connectivity index (χ1v) is 7.20. The molecule has 102 valence electrons. The fraction of sp³-hybridized carbons (Fsp3) is 0.455. The van der Waals surface area contributed by atoms with Gasteiger partial charge in [0.05, 0.1) is 5.75 Å². The van der Waals surface area contributed by atoms with Gasteiger partial charge in [-0.25, -0.2) is 22.3 Å². The second kappa shape index (κ2) is 6.21. The van der Waals surface area contributed by atoms with Gasteiger partial charge in [-0.3, -0.25) is 0 Å². The van der Waals surface area contributed by atoms with E-state index in [1.165, 1.54) is 6.07 Å². The number of hydrogen-bond donors (Lipinski definition) is 2. The van der Waals surface area contributed by atoms with Crippen LogP contribution in [0.1, 0.15) is 24.9 Å². The third-order valence-electron chi connectivity index (χ3n) is 2.50. The molecule has 0 saturated carbocycles. The molecule has 1 unspecified atom stereocenters. The van der Waals surface area contributed by atoms with E-state index in [-0.39, 0.29) is 11.8 Å². The molecule has 0 aromatic heterocycles. The molecule has 0 radical (unpaired) electrons. The van der Waals surface area contributed by atoms with Gasteiger partial charge >= 0.3 is 0 Å². The van der Waals surface area contributed by atoms with Crippen LogP contribution in [0.5, 0.6) is 0 Å². The molecule has 0 aliphatic rings. The molecule has 0 heterocycles. The molecular formula is C11H16F2N2O2S. The summed E-state index contributed by atoms with van der Waals surface area (Å²) in [6, 6.07) is 3.47. The van der Waals surface area contributed by atoms with E-state index in [1.807, 2.05) is 0 Å². The number of halogens is 2. The monoisotopic (exact) mass is 278 g/mol. The average Bonchev–Trinajstić information content (AvgIpc) is 2.26. The summed E-state index contributed by atoms with van der Waals surface area (Å²) < 4.78 is 47.1. The van der Waals surface area contributed by atoms with Gasteiger partial charge in [-0.15, -0.1) is 0 Å². The molecule has 0 amide bonds. The van der Waals surface area contributed by atoms with E-state index in [0.29, 0.717) is 18.5 Å². The van der Waals surface area contributed by atoms with E-state index in [2.05, 4.69) is 5.32 Å². The van der Waals surface area contributed by atoms with E-state index in [9.17, 15) is 17.2 Å². The van der Waals surface area contributed by atoms with Crippen molar-refractivity contribution in [3.63, 3.8) is 0 Å². The highest BCUT2D eigenvalue weighted by molar-refractivity contribution is 7.89. The molecule has 0 fully saturated rings. The number of nitrogens with one attached hydrogen (secondary N) is 1. The van der Waals surface area contributed by atoms with Crippen LogP contribution in [-0.4, -0.2) is 20.7 Å². The molecular weight excluding hydrogens is 262 g/mol. The molecule has 1 aromatic rings. The summed E-state index contributed by atoms with van der Waals surface area (Å²) in [5, 5.41) is 7.86.